The van der Waals surface area contributed by atoms with Crippen molar-refractivity contribution in [3.63, 3.8) is 0 Å². The number of non-ortho nitro benzene ring substituents is 1. The number of benzene rings is 1. The van der Waals surface area contributed by atoms with E-state index in [1.807, 2.05) is 0 Å². The summed E-state index contributed by atoms with van der Waals surface area (Å²) >= 11 is 0. The van der Waals surface area contributed by atoms with Gasteiger partial charge in [-0.25, -0.2) is 8.42 Å². The first-order valence-electron chi connectivity index (χ1n) is 6.36. The molecule has 2 rings (SSSR count). The molecule has 1 aliphatic rings. The second-order valence-corrected chi connectivity index (χ2v) is 6.70. The first-order valence-corrected chi connectivity index (χ1v) is 8.01. The van der Waals surface area contributed by atoms with Crippen molar-refractivity contribution in [3.8, 4) is 0 Å². The van der Waals surface area contributed by atoms with Crippen LogP contribution in [0.3, 0.4) is 0 Å². The van der Waals surface area contributed by atoms with Crippen molar-refractivity contribution in [2.24, 2.45) is 0 Å². The van der Waals surface area contributed by atoms with Crippen molar-refractivity contribution in [2.75, 3.05) is 17.0 Å². The number of rotatable bonds is 5. The summed E-state index contributed by atoms with van der Waals surface area (Å²) in [6.07, 6.45) is 1.83. The Morgan fingerprint density at radius 3 is 2.80 bits per heavy atom. The van der Waals surface area contributed by atoms with Gasteiger partial charge in [0.2, 0.25) is 10.0 Å². The fraction of sp³-hybridized carbons (Fsp3) is 0.500. The molecule has 1 heterocycles. The predicted molar refractivity (Wildman–Crippen MR) is 76.3 cm³/mol. The van der Waals surface area contributed by atoms with Gasteiger partial charge < -0.3 is 5.32 Å². The highest BCUT2D eigenvalue weighted by atomic mass is 32.2. The van der Waals surface area contributed by atoms with Crippen molar-refractivity contribution in [1.29, 1.82) is 0 Å². The van der Waals surface area contributed by atoms with E-state index in [1.54, 1.807) is 6.92 Å². The molecule has 1 aromatic rings. The van der Waals surface area contributed by atoms with Gasteiger partial charge in [-0.05, 0) is 37.9 Å². The molecule has 0 radical (unpaired) electrons. The monoisotopic (exact) mass is 299 g/mol. The fourth-order valence-corrected chi connectivity index (χ4v) is 3.71. The second-order valence-electron chi connectivity index (χ2n) is 4.93. The van der Waals surface area contributed by atoms with Crippen LogP contribution < -0.4 is 10.0 Å². The zero-order chi connectivity index (χ0) is 14.8. The highest BCUT2D eigenvalue weighted by Crippen LogP contribution is 2.22. The van der Waals surface area contributed by atoms with Crippen LogP contribution in [0.5, 0.6) is 0 Å². The van der Waals surface area contributed by atoms with Crippen molar-refractivity contribution in [2.45, 2.75) is 25.8 Å². The summed E-state index contributed by atoms with van der Waals surface area (Å²) in [5.41, 5.74) is 0.860. The van der Waals surface area contributed by atoms with Crippen molar-refractivity contribution < 1.29 is 13.3 Å². The lowest BCUT2D eigenvalue weighted by Crippen LogP contribution is -2.32. The molecule has 20 heavy (non-hydrogen) atoms. The molecule has 7 nitrogen and oxygen atoms in total. The van der Waals surface area contributed by atoms with E-state index in [-0.39, 0.29) is 17.5 Å². The predicted octanol–water partition coefficient (Wildman–Crippen LogP) is 1.40. The number of nitro benzene ring substituents is 1. The minimum Gasteiger partial charge on any atom is -0.313 e. The van der Waals surface area contributed by atoms with Gasteiger partial charge in [-0.1, -0.05) is 0 Å². The van der Waals surface area contributed by atoms with Crippen LogP contribution >= 0.6 is 0 Å². The second kappa shape index (κ2) is 5.76. The quantitative estimate of drug-likeness (QED) is 0.632. The summed E-state index contributed by atoms with van der Waals surface area (Å²) in [6.45, 7) is 2.48. The average Bonchev–Trinajstić information content (AvgIpc) is 2.83. The highest BCUT2D eigenvalue weighted by molar-refractivity contribution is 7.92. The lowest BCUT2D eigenvalue weighted by molar-refractivity contribution is -0.384. The number of hydrogen-bond donors (Lipinski definition) is 2. The van der Waals surface area contributed by atoms with Gasteiger partial charge >= 0.3 is 0 Å². The minimum atomic E-state index is -3.46. The van der Waals surface area contributed by atoms with E-state index in [1.165, 1.54) is 18.2 Å². The highest BCUT2D eigenvalue weighted by Gasteiger charge is 2.22. The lowest BCUT2D eigenvalue weighted by atomic mass is 10.2. The van der Waals surface area contributed by atoms with Gasteiger partial charge in [-0.3, -0.25) is 14.8 Å². The molecular formula is C12H17N3O4S. The lowest BCUT2D eigenvalue weighted by Gasteiger charge is -2.14. The maximum absolute atomic E-state index is 12.0. The Morgan fingerprint density at radius 2 is 2.25 bits per heavy atom. The molecule has 0 bridgehead atoms. The molecule has 0 saturated carbocycles. The maximum Gasteiger partial charge on any atom is 0.269 e. The summed E-state index contributed by atoms with van der Waals surface area (Å²) in [4.78, 5) is 10.1. The molecule has 1 saturated heterocycles. The van der Waals surface area contributed by atoms with E-state index in [0.717, 1.165) is 19.4 Å². The van der Waals surface area contributed by atoms with Gasteiger partial charge in [-0.15, -0.1) is 0 Å². The molecule has 0 aliphatic carbocycles. The number of nitro groups is 1. The third-order valence-corrected chi connectivity index (χ3v) is 4.64. The SMILES string of the molecule is Cc1cc([N+](=O)[O-])ccc1NS(=O)(=O)CC1CCCN1. The van der Waals surface area contributed by atoms with Crippen molar-refractivity contribution in [1.82, 2.24) is 5.32 Å². The van der Waals surface area contributed by atoms with Crippen molar-refractivity contribution >= 4 is 21.4 Å². The van der Waals surface area contributed by atoms with Crippen LogP contribution in [0.2, 0.25) is 0 Å². The van der Waals surface area contributed by atoms with E-state index in [2.05, 4.69) is 10.0 Å². The first kappa shape index (κ1) is 14.7. The third-order valence-electron chi connectivity index (χ3n) is 3.27. The Hall–Kier alpha value is -1.67. The maximum atomic E-state index is 12.0. The van der Waals surface area contributed by atoms with Crippen LogP contribution in [0.25, 0.3) is 0 Å². The summed E-state index contributed by atoms with van der Waals surface area (Å²) in [5, 5.41) is 13.8. The molecule has 1 aliphatic heterocycles. The first-order chi connectivity index (χ1) is 9.37. The van der Waals surface area contributed by atoms with E-state index in [9.17, 15) is 18.5 Å². The molecule has 2 N–H and O–H groups in total. The Bertz CT molecular complexity index is 609. The number of hydrogen-bond acceptors (Lipinski definition) is 5. The van der Waals surface area contributed by atoms with Gasteiger partial charge in [0, 0.05) is 18.2 Å². The van der Waals surface area contributed by atoms with E-state index in [0.29, 0.717) is 11.3 Å². The molecular weight excluding hydrogens is 282 g/mol. The Morgan fingerprint density at radius 1 is 1.50 bits per heavy atom. The minimum absolute atomic E-state index is 0.0173. The summed E-state index contributed by atoms with van der Waals surface area (Å²) in [5.74, 6) is 0.0173. The van der Waals surface area contributed by atoms with Crippen LogP contribution in [0.1, 0.15) is 18.4 Å². The smallest absolute Gasteiger partial charge is 0.269 e. The van der Waals surface area contributed by atoms with Crippen LogP contribution in [-0.4, -0.2) is 31.7 Å². The number of aryl methyl sites for hydroxylation is 1. The molecule has 1 unspecified atom stereocenters. The van der Waals surface area contributed by atoms with Crippen molar-refractivity contribution in [3.05, 3.63) is 33.9 Å². The summed E-state index contributed by atoms with van der Waals surface area (Å²) in [7, 11) is -3.46. The van der Waals surface area contributed by atoms with Gasteiger partial charge in [0.05, 0.1) is 16.4 Å². The van der Waals surface area contributed by atoms with Crippen LogP contribution in [0.4, 0.5) is 11.4 Å². The molecule has 0 aromatic heterocycles. The average molecular weight is 299 g/mol. The van der Waals surface area contributed by atoms with Crippen LogP contribution in [0, 0.1) is 17.0 Å². The largest absolute Gasteiger partial charge is 0.313 e. The number of nitrogens with zero attached hydrogens (tertiary/aromatic N) is 1. The van der Waals surface area contributed by atoms with Gasteiger partial charge in [0.25, 0.3) is 5.69 Å². The fourth-order valence-electron chi connectivity index (χ4n) is 2.25. The number of anilines is 1. The van der Waals surface area contributed by atoms with Gasteiger partial charge in [0.15, 0.2) is 0 Å². The molecule has 0 spiro atoms. The molecule has 110 valence electrons. The zero-order valence-electron chi connectivity index (χ0n) is 11.1. The van der Waals surface area contributed by atoms with E-state index >= 15 is 0 Å². The van der Waals surface area contributed by atoms with Crippen LogP contribution in [-0.2, 0) is 10.0 Å². The Balaban J connectivity index is 2.10. The van der Waals surface area contributed by atoms with Gasteiger partial charge in [-0.2, -0.15) is 0 Å². The van der Waals surface area contributed by atoms with Crippen LogP contribution in [0.15, 0.2) is 18.2 Å². The third kappa shape index (κ3) is 3.67. The molecule has 1 fully saturated rings. The Labute approximate surface area is 117 Å². The van der Waals surface area contributed by atoms with E-state index in [4.69, 9.17) is 0 Å². The summed E-state index contributed by atoms with van der Waals surface area (Å²) in [6, 6.07) is 4.04. The number of nitrogens with one attached hydrogen (secondary N) is 2. The molecule has 1 aromatic carbocycles. The molecule has 8 heteroatoms. The topological polar surface area (TPSA) is 101 Å². The van der Waals surface area contributed by atoms with Gasteiger partial charge in [0.1, 0.15) is 0 Å². The molecule has 1 atom stereocenters. The van der Waals surface area contributed by atoms with E-state index < -0.39 is 14.9 Å². The molecule has 0 amide bonds. The zero-order valence-corrected chi connectivity index (χ0v) is 11.9. The normalized spacial score (nSPS) is 18.9. The standard InChI is InChI=1S/C12H17N3O4S/c1-9-7-11(15(16)17)4-5-12(9)14-20(18,19)8-10-3-2-6-13-10/h4-5,7,10,13-14H,2-3,6,8H2,1H3. The summed E-state index contributed by atoms with van der Waals surface area (Å²) < 4.78 is 26.6. The Kier molecular flexibility index (Phi) is 4.24. The number of sulfonamides is 1.